The van der Waals surface area contributed by atoms with E-state index in [1.807, 2.05) is 19.1 Å². The Morgan fingerprint density at radius 3 is 2.78 bits per heavy atom. The molecule has 1 amide bonds. The Kier molecular flexibility index (Phi) is 4.29. The summed E-state index contributed by atoms with van der Waals surface area (Å²) in [5.74, 6) is -0.738. The largest absolute Gasteiger partial charge is 0.291 e. The number of thiophene rings is 1. The Labute approximate surface area is 135 Å². The van der Waals surface area contributed by atoms with E-state index in [-0.39, 0.29) is 11.5 Å². The third-order valence-corrected chi connectivity index (χ3v) is 4.10. The van der Waals surface area contributed by atoms with Gasteiger partial charge in [-0.25, -0.2) is 9.82 Å². The highest BCUT2D eigenvalue weighted by atomic mass is 32.1. The molecule has 0 unspecified atom stereocenters. The van der Waals surface area contributed by atoms with Gasteiger partial charge >= 0.3 is 0 Å². The van der Waals surface area contributed by atoms with Crippen molar-refractivity contribution < 1.29 is 9.18 Å². The fourth-order valence-electron chi connectivity index (χ4n) is 1.92. The highest BCUT2D eigenvalue weighted by molar-refractivity contribution is 7.15. The number of rotatable bonds is 4. The lowest BCUT2D eigenvalue weighted by Crippen LogP contribution is -2.17. The molecule has 1 aromatic carbocycles. The molecule has 5 nitrogen and oxygen atoms in total. The number of hydrazone groups is 1. The Morgan fingerprint density at radius 1 is 1.30 bits per heavy atom. The zero-order valence-corrected chi connectivity index (χ0v) is 13.0. The Bertz CT molecular complexity index is 851. The average Bonchev–Trinajstić information content (AvgIpc) is 3.18. The number of carbonyl (C=O) groups is 1. The molecular formula is C16H13FN4OS. The highest BCUT2D eigenvalue weighted by Gasteiger charge is 2.11. The second kappa shape index (κ2) is 6.53. The quantitative estimate of drug-likeness (QED) is 0.569. The molecule has 7 heteroatoms. The molecule has 2 aromatic heterocycles. The maximum absolute atomic E-state index is 12.8. The summed E-state index contributed by atoms with van der Waals surface area (Å²) in [4.78, 5) is 14.2. The number of carbonyl (C=O) groups excluding carboxylic acids is 1. The fourth-order valence-corrected chi connectivity index (χ4v) is 2.75. The lowest BCUT2D eigenvalue weighted by Gasteiger charge is -1.95. The van der Waals surface area contributed by atoms with Gasteiger partial charge in [-0.2, -0.15) is 10.2 Å². The first kappa shape index (κ1) is 15.1. The van der Waals surface area contributed by atoms with E-state index < -0.39 is 5.91 Å². The monoisotopic (exact) mass is 328 g/mol. The van der Waals surface area contributed by atoms with Gasteiger partial charge in [0.05, 0.1) is 16.8 Å². The summed E-state index contributed by atoms with van der Waals surface area (Å²) in [6.07, 6.45) is 1.44. The van der Waals surface area contributed by atoms with E-state index in [1.165, 1.54) is 23.2 Å². The van der Waals surface area contributed by atoms with Crippen LogP contribution in [0.3, 0.4) is 0 Å². The lowest BCUT2D eigenvalue weighted by molar-refractivity contribution is 0.0950. The minimum absolute atomic E-state index is 0.252. The van der Waals surface area contributed by atoms with Crippen LogP contribution in [0.2, 0.25) is 0 Å². The second-order valence-electron chi connectivity index (χ2n) is 4.83. The third-order valence-electron chi connectivity index (χ3n) is 3.07. The predicted molar refractivity (Wildman–Crippen MR) is 88.1 cm³/mol. The van der Waals surface area contributed by atoms with Crippen LogP contribution in [0.1, 0.15) is 20.9 Å². The van der Waals surface area contributed by atoms with Crippen LogP contribution in [0.15, 0.2) is 47.6 Å². The van der Waals surface area contributed by atoms with Gasteiger partial charge in [0, 0.05) is 4.88 Å². The standard InChI is InChI=1S/C16H13FN4OS/c1-10-2-7-15(23-10)13-8-14(20-19-13)16(22)21-18-9-11-3-5-12(17)6-4-11/h2-9H,1H3,(H,19,20)(H,21,22). The molecule has 0 atom stereocenters. The van der Waals surface area contributed by atoms with Gasteiger partial charge < -0.3 is 0 Å². The molecule has 0 fully saturated rings. The summed E-state index contributed by atoms with van der Waals surface area (Å²) in [6.45, 7) is 2.02. The summed E-state index contributed by atoms with van der Waals surface area (Å²) in [5.41, 5.74) is 4.11. The Balaban J connectivity index is 1.64. The van der Waals surface area contributed by atoms with Crippen molar-refractivity contribution in [1.29, 1.82) is 0 Å². The van der Waals surface area contributed by atoms with Crippen molar-refractivity contribution in [3.05, 3.63) is 64.4 Å². The number of H-pyrrole nitrogens is 1. The summed E-state index contributed by atoms with van der Waals surface area (Å²) in [5, 5.41) is 10.7. The smallest absolute Gasteiger partial charge is 0.276 e. The first-order chi connectivity index (χ1) is 11.1. The summed E-state index contributed by atoms with van der Waals surface area (Å²) < 4.78 is 12.8. The molecule has 3 rings (SSSR count). The van der Waals surface area contributed by atoms with Gasteiger partial charge in [-0.1, -0.05) is 12.1 Å². The number of aromatic nitrogens is 2. The number of amides is 1. The first-order valence-corrected chi connectivity index (χ1v) is 7.64. The van der Waals surface area contributed by atoms with Crippen molar-refractivity contribution in [3.8, 4) is 10.6 Å². The van der Waals surface area contributed by atoms with Gasteiger partial charge in [-0.3, -0.25) is 9.89 Å². The fraction of sp³-hybridized carbons (Fsp3) is 0.0625. The minimum Gasteiger partial charge on any atom is -0.276 e. The van der Waals surface area contributed by atoms with E-state index >= 15 is 0 Å². The van der Waals surface area contributed by atoms with E-state index in [4.69, 9.17) is 0 Å². The van der Waals surface area contributed by atoms with Crippen LogP contribution in [0.25, 0.3) is 10.6 Å². The van der Waals surface area contributed by atoms with Gasteiger partial charge in [-0.05, 0) is 42.8 Å². The first-order valence-electron chi connectivity index (χ1n) is 6.83. The topological polar surface area (TPSA) is 70.1 Å². The Hall–Kier alpha value is -2.80. The molecule has 0 spiro atoms. The molecule has 0 saturated heterocycles. The van der Waals surface area contributed by atoms with Crippen molar-refractivity contribution in [2.24, 2.45) is 5.10 Å². The van der Waals surface area contributed by atoms with Crippen molar-refractivity contribution in [3.63, 3.8) is 0 Å². The molecular weight excluding hydrogens is 315 g/mol. The Morgan fingerprint density at radius 2 is 2.09 bits per heavy atom. The van der Waals surface area contributed by atoms with Crippen LogP contribution in [0.5, 0.6) is 0 Å². The zero-order chi connectivity index (χ0) is 16.2. The van der Waals surface area contributed by atoms with Crippen molar-refractivity contribution >= 4 is 23.5 Å². The number of aromatic amines is 1. The van der Waals surface area contributed by atoms with Crippen LogP contribution in [-0.2, 0) is 0 Å². The summed E-state index contributed by atoms with van der Waals surface area (Å²) in [6, 6.07) is 11.4. The average molecular weight is 328 g/mol. The molecule has 0 radical (unpaired) electrons. The van der Waals surface area contributed by atoms with E-state index in [0.717, 1.165) is 10.6 Å². The number of hydrogen-bond acceptors (Lipinski definition) is 4. The lowest BCUT2D eigenvalue weighted by atomic mass is 10.2. The van der Waals surface area contributed by atoms with Crippen molar-refractivity contribution in [1.82, 2.24) is 15.6 Å². The van der Waals surface area contributed by atoms with E-state index in [9.17, 15) is 9.18 Å². The molecule has 116 valence electrons. The number of halogens is 1. The minimum atomic E-state index is -0.417. The summed E-state index contributed by atoms with van der Waals surface area (Å²) >= 11 is 1.62. The number of nitrogens with zero attached hydrogens (tertiary/aromatic N) is 2. The molecule has 0 bridgehead atoms. The zero-order valence-electron chi connectivity index (χ0n) is 12.2. The number of aryl methyl sites for hydroxylation is 1. The van der Waals surface area contributed by atoms with E-state index in [2.05, 4.69) is 20.7 Å². The molecule has 0 aliphatic carbocycles. The van der Waals surface area contributed by atoms with Crippen LogP contribution in [-0.4, -0.2) is 22.3 Å². The van der Waals surface area contributed by atoms with Crippen LogP contribution >= 0.6 is 11.3 Å². The van der Waals surface area contributed by atoms with Gasteiger partial charge in [0.2, 0.25) is 0 Å². The van der Waals surface area contributed by atoms with Gasteiger partial charge in [0.15, 0.2) is 5.69 Å². The van der Waals surface area contributed by atoms with Crippen molar-refractivity contribution in [2.45, 2.75) is 6.92 Å². The molecule has 0 saturated carbocycles. The molecule has 23 heavy (non-hydrogen) atoms. The number of hydrogen-bond donors (Lipinski definition) is 2. The normalized spacial score (nSPS) is 11.0. The summed E-state index contributed by atoms with van der Waals surface area (Å²) in [7, 11) is 0. The van der Waals surface area contributed by atoms with Crippen LogP contribution in [0, 0.1) is 12.7 Å². The number of nitrogens with one attached hydrogen (secondary N) is 2. The van der Waals surface area contributed by atoms with Crippen LogP contribution < -0.4 is 5.43 Å². The third kappa shape index (κ3) is 3.70. The molecule has 0 aliphatic heterocycles. The van der Waals surface area contributed by atoms with Gasteiger partial charge in [0.25, 0.3) is 5.91 Å². The highest BCUT2D eigenvalue weighted by Crippen LogP contribution is 2.26. The number of benzene rings is 1. The SMILES string of the molecule is Cc1ccc(-c2cc(C(=O)NN=Cc3ccc(F)cc3)n[nH]2)s1. The predicted octanol–water partition coefficient (Wildman–Crippen LogP) is 3.35. The van der Waals surface area contributed by atoms with Crippen molar-refractivity contribution in [2.75, 3.05) is 0 Å². The molecule has 0 aliphatic rings. The van der Waals surface area contributed by atoms with E-state index in [1.54, 1.807) is 29.5 Å². The maximum Gasteiger partial charge on any atom is 0.291 e. The second-order valence-corrected chi connectivity index (χ2v) is 6.12. The molecule has 2 N–H and O–H groups in total. The molecule has 3 aromatic rings. The van der Waals surface area contributed by atoms with Gasteiger partial charge in [0.1, 0.15) is 5.82 Å². The van der Waals surface area contributed by atoms with Crippen LogP contribution in [0.4, 0.5) is 4.39 Å². The van der Waals surface area contributed by atoms with Gasteiger partial charge in [-0.15, -0.1) is 11.3 Å². The maximum atomic E-state index is 12.8. The van der Waals surface area contributed by atoms with E-state index in [0.29, 0.717) is 5.56 Å². The molecule has 2 heterocycles.